The maximum atomic E-state index is 9.73. The molecular formula is C3H6O3Si. The molecule has 0 aromatic rings. The first-order chi connectivity index (χ1) is 3.18. The number of carboxylic acid groups (broad SMARTS) is 1. The lowest BCUT2D eigenvalue weighted by atomic mass is 10.6. The van der Waals surface area contributed by atoms with Gasteiger partial charge in [0.05, 0.1) is 0 Å². The molecule has 0 aromatic carbocycles. The molecule has 0 saturated heterocycles. The second-order valence-electron chi connectivity index (χ2n) is 0.932. The fourth-order valence-corrected chi connectivity index (χ4v) is 0.262. The highest BCUT2D eigenvalue weighted by Gasteiger charge is 1.97. The number of carboxylic acids is 1. The van der Waals surface area contributed by atoms with E-state index in [1.165, 1.54) is 0 Å². The fourth-order valence-electron chi connectivity index (χ4n) is 0.0873. The van der Waals surface area contributed by atoms with Crippen molar-refractivity contribution in [3.8, 4) is 0 Å². The highest BCUT2D eigenvalue weighted by Crippen LogP contribution is 1.85. The minimum absolute atomic E-state index is 0.174. The number of rotatable bonds is 2. The van der Waals surface area contributed by atoms with Crippen molar-refractivity contribution >= 4 is 16.5 Å². The molecule has 0 heterocycles. The minimum atomic E-state index is -1.09. The van der Waals surface area contributed by atoms with Gasteiger partial charge in [0.2, 0.25) is 10.5 Å². The number of aliphatic carboxylic acids is 1. The molecule has 0 spiro atoms. The first kappa shape index (κ1) is 6.23. The van der Waals surface area contributed by atoms with E-state index in [4.69, 9.17) is 5.11 Å². The van der Waals surface area contributed by atoms with Crippen molar-refractivity contribution in [2.45, 2.75) is 0 Å². The van der Waals surface area contributed by atoms with Crippen LogP contribution >= 0.6 is 0 Å². The number of hydrogen-bond acceptors (Lipinski definition) is 2. The molecule has 0 aliphatic heterocycles. The predicted octanol–water partition coefficient (Wildman–Crippen LogP) is -1.12. The van der Waals surface area contributed by atoms with E-state index in [1.54, 1.807) is 0 Å². The summed E-state index contributed by atoms with van der Waals surface area (Å²) in [6.07, 6.45) is 0. The second kappa shape index (κ2) is 2.41. The summed E-state index contributed by atoms with van der Waals surface area (Å²) < 4.78 is 4.36. The molecule has 0 saturated carbocycles. The third kappa shape index (κ3) is 1.99. The Morgan fingerprint density at radius 2 is 2.29 bits per heavy atom. The maximum Gasteiger partial charge on any atom is 0.369 e. The van der Waals surface area contributed by atoms with Crippen LogP contribution in [0, 0.1) is 0 Å². The Bertz CT molecular complexity index is 98.4. The average molecular weight is 118 g/mol. The van der Waals surface area contributed by atoms with Crippen molar-refractivity contribution in [3.05, 3.63) is 12.3 Å². The number of carbonyl (C=O) groups is 1. The minimum Gasteiger partial charge on any atom is -0.549 e. The van der Waals surface area contributed by atoms with Gasteiger partial charge in [0.25, 0.3) is 0 Å². The van der Waals surface area contributed by atoms with Gasteiger partial charge in [-0.1, -0.05) is 6.58 Å². The highest BCUT2D eigenvalue weighted by atomic mass is 28.2. The summed E-state index contributed by atoms with van der Waals surface area (Å²) in [7, 11) is 0.390. The molecule has 0 rings (SSSR count). The highest BCUT2D eigenvalue weighted by molar-refractivity contribution is 6.02. The summed E-state index contributed by atoms with van der Waals surface area (Å²) in [4.78, 5) is 9.73. The molecule has 0 radical (unpaired) electrons. The van der Waals surface area contributed by atoms with Crippen LogP contribution in [0.4, 0.5) is 0 Å². The predicted molar refractivity (Wildman–Crippen MR) is 27.8 cm³/mol. The topological polar surface area (TPSA) is 46.5 Å². The zero-order valence-electron chi connectivity index (χ0n) is 3.97. The molecule has 0 aromatic heterocycles. The SMILES string of the molecule is C=C(O[SiH3])C(=O)O. The summed E-state index contributed by atoms with van der Waals surface area (Å²) in [6.45, 7) is 3.09. The lowest BCUT2D eigenvalue weighted by Crippen LogP contribution is -2.00. The Morgan fingerprint density at radius 1 is 1.86 bits per heavy atom. The van der Waals surface area contributed by atoms with Gasteiger partial charge in [0.1, 0.15) is 0 Å². The summed E-state index contributed by atoms with van der Waals surface area (Å²) >= 11 is 0. The van der Waals surface area contributed by atoms with Gasteiger partial charge in [-0.15, -0.1) is 0 Å². The van der Waals surface area contributed by atoms with Gasteiger partial charge >= 0.3 is 5.97 Å². The van der Waals surface area contributed by atoms with Crippen LogP contribution in [0.5, 0.6) is 0 Å². The normalized spacial score (nSPS) is 8.00. The van der Waals surface area contributed by atoms with Gasteiger partial charge in [-0.05, 0) is 0 Å². The molecular weight excluding hydrogens is 112 g/mol. The molecule has 0 aliphatic carbocycles. The van der Waals surface area contributed by atoms with Crippen LogP contribution in [0.2, 0.25) is 0 Å². The summed E-state index contributed by atoms with van der Waals surface area (Å²) in [6, 6.07) is 0. The molecule has 7 heavy (non-hydrogen) atoms. The van der Waals surface area contributed by atoms with Gasteiger partial charge in [-0.2, -0.15) is 0 Å². The lowest BCUT2D eigenvalue weighted by molar-refractivity contribution is -0.134. The lowest BCUT2D eigenvalue weighted by Gasteiger charge is -1.93. The third-order valence-electron chi connectivity index (χ3n) is 0.485. The Balaban J connectivity index is 3.58. The molecule has 0 bridgehead atoms. The van der Waals surface area contributed by atoms with Crippen LogP contribution in [-0.4, -0.2) is 21.6 Å². The molecule has 0 aliphatic rings. The van der Waals surface area contributed by atoms with Crippen LogP contribution in [0.15, 0.2) is 12.3 Å². The summed E-state index contributed by atoms with van der Waals surface area (Å²) in [5.41, 5.74) is 0. The first-order valence-corrected chi connectivity index (χ1v) is 2.46. The van der Waals surface area contributed by atoms with E-state index < -0.39 is 5.97 Å². The van der Waals surface area contributed by atoms with E-state index in [-0.39, 0.29) is 5.76 Å². The fraction of sp³-hybridized carbons (Fsp3) is 0. The van der Waals surface area contributed by atoms with Crippen LogP contribution < -0.4 is 0 Å². The van der Waals surface area contributed by atoms with Crippen molar-refractivity contribution in [1.82, 2.24) is 0 Å². The smallest absolute Gasteiger partial charge is 0.369 e. The molecule has 0 fully saturated rings. The van der Waals surface area contributed by atoms with E-state index in [9.17, 15) is 4.79 Å². The standard InChI is InChI=1S/C3H6O3Si/c1-2(6-7)3(4)5/h1H2,7H3,(H,4,5). The van der Waals surface area contributed by atoms with E-state index in [2.05, 4.69) is 11.0 Å². The van der Waals surface area contributed by atoms with Crippen LogP contribution in [0.25, 0.3) is 0 Å². The van der Waals surface area contributed by atoms with Crippen molar-refractivity contribution in [2.24, 2.45) is 0 Å². The first-order valence-electron chi connectivity index (χ1n) is 1.64. The number of hydrogen-bond donors (Lipinski definition) is 1. The third-order valence-corrected chi connectivity index (χ3v) is 0.978. The van der Waals surface area contributed by atoms with Crippen molar-refractivity contribution in [2.75, 3.05) is 0 Å². The second-order valence-corrected chi connectivity index (χ2v) is 1.34. The van der Waals surface area contributed by atoms with Crippen molar-refractivity contribution in [3.63, 3.8) is 0 Å². The molecule has 4 heteroatoms. The van der Waals surface area contributed by atoms with E-state index >= 15 is 0 Å². The van der Waals surface area contributed by atoms with E-state index in [1.807, 2.05) is 0 Å². The van der Waals surface area contributed by atoms with Gasteiger partial charge in [0, 0.05) is 0 Å². The Kier molecular flexibility index (Phi) is 2.14. The molecule has 40 valence electrons. The van der Waals surface area contributed by atoms with Gasteiger partial charge in [0.15, 0.2) is 5.76 Å². The van der Waals surface area contributed by atoms with Crippen molar-refractivity contribution in [1.29, 1.82) is 0 Å². The maximum absolute atomic E-state index is 9.73. The van der Waals surface area contributed by atoms with Crippen LogP contribution in [0.3, 0.4) is 0 Å². The zero-order chi connectivity index (χ0) is 5.86. The zero-order valence-corrected chi connectivity index (χ0v) is 5.97. The monoisotopic (exact) mass is 118 g/mol. The van der Waals surface area contributed by atoms with Crippen LogP contribution in [0.1, 0.15) is 0 Å². The molecule has 0 unspecified atom stereocenters. The largest absolute Gasteiger partial charge is 0.549 e. The molecule has 0 amide bonds. The molecule has 0 atom stereocenters. The quantitative estimate of drug-likeness (QED) is 0.284. The molecule has 3 nitrogen and oxygen atoms in total. The van der Waals surface area contributed by atoms with Crippen LogP contribution in [-0.2, 0) is 9.22 Å². The van der Waals surface area contributed by atoms with Gasteiger partial charge < -0.3 is 9.53 Å². The molecule has 1 N–H and O–H groups in total. The Morgan fingerprint density at radius 3 is 2.29 bits per heavy atom. The summed E-state index contributed by atoms with van der Waals surface area (Å²) in [5.74, 6) is -1.26. The van der Waals surface area contributed by atoms with Gasteiger partial charge in [-0.3, -0.25) is 0 Å². The Labute approximate surface area is 44.1 Å². The average Bonchev–Trinajstić information content (AvgIpc) is 1.65. The Hall–Kier alpha value is -0.773. The van der Waals surface area contributed by atoms with Crippen molar-refractivity contribution < 1.29 is 14.3 Å². The van der Waals surface area contributed by atoms with Gasteiger partial charge in [-0.25, -0.2) is 4.79 Å². The van der Waals surface area contributed by atoms with E-state index in [0.29, 0.717) is 10.5 Å². The van der Waals surface area contributed by atoms with E-state index in [0.717, 1.165) is 0 Å². The summed E-state index contributed by atoms with van der Waals surface area (Å²) in [5, 5.41) is 7.98.